The summed E-state index contributed by atoms with van der Waals surface area (Å²) >= 11 is 6.07. The molecule has 1 heterocycles. The van der Waals surface area contributed by atoms with Crippen LogP contribution in [-0.2, 0) is 10.0 Å². The number of fused-ring (bicyclic) bond motifs is 1. The summed E-state index contributed by atoms with van der Waals surface area (Å²) in [6.07, 6.45) is 2.20. The summed E-state index contributed by atoms with van der Waals surface area (Å²) in [4.78, 5) is 15.9. The van der Waals surface area contributed by atoms with Crippen LogP contribution in [0.3, 0.4) is 0 Å². The van der Waals surface area contributed by atoms with Crippen molar-refractivity contribution in [2.45, 2.75) is 0 Å². The van der Waals surface area contributed by atoms with Crippen molar-refractivity contribution >= 4 is 38.4 Å². The van der Waals surface area contributed by atoms with Gasteiger partial charge in [-0.25, -0.2) is 21.9 Å². The molecule has 0 radical (unpaired) electrons. The second-order valence-electron chi connectivity index (χ2n) is 5.51. The number of rotatable bonds is 4. The maximum atomic E-state index is 14.3. The van der Waals surface area contributed by atoms with Crippen molar-refractivity contribution in [3.63, 3.8) is 0 Å². The van der Waals surface area contributed by atoms with E-state index >= 15 is 0 Å². The summed E-state index contributed by atoms with van der Waals surface area (Å²) in [7, 11) is -3.93. The average Bonchev–Trinajstić information content (AvgIpc) is 2.59. The molecule has 1 aromatic heterocycles. The Morgan fingerprint density at radius 2 is 1.89 bits per heavy atom. The number of benzene rings is 2. The Bertz CT molecular complexity index is 1170. The molecule has 2 aromatic carbocycles. The number of nitrogens with zero attached hydrogens (tertiary/aromatic N) is 1. The highest BCUT2D eigenvalue weighted by atomic mass is 35.5. The molecular weight excluding hydrogens is 402 g/mol. The molecule has 0 unspecified atom stereocenters. The number of aromatic nitrogens is 1. The molecule has 0 aliphatic heterocycles. The van der Waals surface area contributed by atoms with Gasteiger partial charge >= 0.3 is 0 Å². The van der Waals surface area contributed by atoms with E-state index in [0.29, 0.717) is 28.1 Å². The highest BCUT2D eigenvalue weighted by molar-refractivity contribution is 7.89. The monoisotopic (exact) mass is 412 g/mol. The fourth-order valence-corrected chi connectivity index (χ4v) is 2.98. The van der Waals surface area contributed by atoms with Crippen molar-refractivity contribution in [3.05, 3.63) is 64.8 Å². The zero-order valence-electron chi connectivity index (χ0n) is 13.7. The lowest BCUT2D eigenvalue weighted by molar-refractivity contribution is 0.0977. The Morgan fingerprint density at radius 1 is 1.15 bits per heavy atom. The van der Waals surface area contributed by atoms with E-state index in [-0.39, 0.29) is 5.75 Å². The van der Waals surface area contributed by atoms with E-state index in [2.05, 4.69) is 4.98 Å². The molecule has 0 saturated heterocycles. The van der Waals surface area contributed by atoms with Crippen molar-refractivity contribution in [1.82, 2.24) is 9.71 Å². The summed E-state index contributed by atoms with van der Waals surface area (Å²) in [5.74, 6) is -3.88. The van der Waals surface area contributed by atoms with E-state index < -0.39 is 38.9 Å². The van der Waals surface area contributed by atoms with Gasteiger partial charge in [0.25, 0.3) is 5.91 Å². The molecule has 0 spiro atoms. The molecule has 3 aromatic rings. The van der Waals surface area contributed by atoms with E-state index in [1.807, 2.05) is 0 Å². The van der Waals surface area contributed by atoms with Gasteiger partial charge in [0.1, 0.15) is 11.3 Å². The molecule has 0 fully saturated rings. The molecule has 0 aliphatic carbocycles. The van der Waals surface area contributed by atoms with Gasteiger partial charge < -0.3 is 4.74 Å². The Morgan fingerprint density at radius 3 is 2.59 bits per heavy atom. The van der Waals surface area contributed by atoms with Gasteiger partial charge in [0.05, 0.1) is 16.8 Å². The first-order chi connectivity index (χ1) is 12.7. The molecule has 10 heteroatoms. The van der Waals surface area contributed by atoms with Gasteiger partial charge in [-0.2, -0.15) is 0 Å². The third kappa shape index (κ3) is 4.15. The van der Waals surface area contributed by atoms with Crippen molar-refractivity contribution < 1.29 is 26.7 Å². The van der Waals surface area contributed by atoms with E-state index in [4.69, 9.17) is 16.3 Å². The van der Waals surface area contributed by atoms with Crippen LogP contribution in [0.15, 0.2) is 42.6 Å². The average molecular weight is 413 g/mol. The topological polar surface area (TPSA) is 85.4 Å². The van der Waals surface area contributed by atoms with Crippen LogP contribution in [0.25, 0.3) is 10.9 Å². The summed E-state index contributed by atoms with van der Waals surface area (Å²) in [5, 5.41) is 0.964. The minimum absolute atomic E-state index is 0.127. The van der Waals surface area contributed by atoms with Gasteiger partial charge in [0.15, 0.2) is 17.3 Å². The Kier molecular flexibility index (Phi) is 4.99. The van der Waals surface area contributed by atoms with Gasteiger partial charge in [0, 0.05) is 17.6 Å². The number of sulfonamides is 1. The zero-order chi connectivity index (χ0) is 19.8. The summed E-state index contributed by atoms with van der Waals surface area (Å²) in [5.41, 5.74) is -0.437. The number of hydrogen-bond donors (Lipinski definition) is 1. The molecule has 1 N–H and O–H groups in total. The highest BCUT2D eigenvalue weighted by Crippen LogP contribution is 2.34. The molecular formula is C17H11ClF2N2O4S. The Balaban J connectivity index is 1.99. The summed E-state index contributed by atoms with van der Waals surface area (Å²) < 4.78 is 57.7. The third-order valence-electron chi connectivity index (χ3n) is 3.44. The van der Waals surface area contributed by atoms with Crippen molar-refractivity contribution in [1.29, 1.82) is 0 Å². The molecule has 1 amide bonds. The second kappa shape index (κ2) is 7.09. The second-order valence-corrected chi connectivity index (χ2v) is 7.67. The van der Waals surface area contributed by atoms with Crippen LogP contribution in [0, 0.1) is 11.6 Å². The molecule has 0 saturated carbocycles. The smallest absolute Gasteiger partial charge is 0.267 e. The number of amides is 1. The lowest BCUT2D eigenvalue weighted by Gasteiger charge is -2.11. The van der Waals surface area contributed by atoms with Crippen molar-refractivity contribution in [2.75, 3.05) is 6.26 Å². The molecule has 0 bridgehead atoms. The number of hydrogen-bond acceptors (Lipinski definition) is 5. The number of pyridine rings is 1. The first-order valence-electron chi connectivity index (χ1n) is 7.38. The van der Waals surface area contributed by atoms with Crippen LogP contribution >= 0.6 is 11.6 Å². The van der Waals surface area contributed by atoms with Gasteiger partial charge in [-0.1, -0.05) is 11.6 Å². The predicted octanol–water partition coefficient (Wildman–Crippen LogP) is 3.65. The number of ether oxygens (including phenoxy) is 1. The van der Waals surface area contributed by atoms with Gasteiger partial charge in [-0.05, 0) is 30.3 Å². The summed E-state index contributed by atoms with van der Waals surface area (Å²) in [6.45, 7) is 0. The molecule has 3 rings (SSSR count). The first-order valence-corrected chi connectivity index (χ1v) is 9.65. The van der Waals surface area contributed by atoms with E-state index in [1.165, 1.54) is 18.3 Å². The highest BCUT2D eigenvalue weighted by Gasteiger charge is 2.20. The lowest BCUT2D eigenvalue weighted by Crippen LogP contribution is -2.30. The van der Waals surface area contributed by atoms with Crippen LogP contribution in [0.4, 0.5) is 8.78 Å². The molecule has 6 nitrogen and oxygen atoms in total. The van der Waals surface area contributed by atoms with Crippen molar-refractivity contribution in [2.24, 2.45) is 0 Å². The minimum Gasteiger partial charge on any atom is -0.452 e. The zero-order valence-corrected chi connectivity index (χ0v) is 15.2. The molecule has 0 atom stereocenters. The number of nitrogens with one attached hydrogen (secondary N) is 1. The van der Waals surface area contributed by atoms with Gasteiger partial charge in [-0.3, -0.25) is 9.78 Å². The van der Waals surface area contributed by atoms with Crippen LogP contribution < -0.4 is 9.46 Å². The standard InChI is InChI=1S/C17H11ClF2N2O4S/c1-27(24,25)22-17(23)10-7-13(20)15(8-12(10)19)26-14-5-4-11(18)9-3-2-6-21-16(9)14/h2-8H,1H3,(H,22,23). The van der Waals surface area contributed by atoms with Crippen LogP contribution in [0.2, 0.25) is 5.02 Å². The van der Waals surface area contributed by atoms with Crippen LogP contribution in [0.5, 0.6) is 11.5 Å². The van der Waals surface area contributed by atoms with Crippen LogP contribution in [-0.4, -0.2) is 25.6 Å². The quantitative estimate of drug-likeness (QED) is 0.707. The van der Waals surface area contributed by atoms with E-state index in [9.17, 15) is 22.0 Å². The van der Waals surface area contributed by atoms with E-state index in [1.54, 1.807) is 16.9 Å². The molecule has 0 aliphatic rings. The van der Waals surface area contributed by atoms with Crippen molar-refractivity contribution in [3.8, 4) is 11.5 Å². The number of halogens is 3. The first kappa shape index (κ1) is 19.0. The van der Waals surface area contributed by atoms with E-state index in [0.717, 1.165) is 6.26 Å². The van der Waals surface area contributed by atoms with Gasteiger partial charge in [-0.15, -0.1) is 0 Å². The predicted molar refractivity (Wildman–Crippen MR) is 95.5 cm³/mol. The Hall–Kier alpha value is -2.78. The molecule has 27 heavy (non-hydrogen) atoms. The van der Waals surface area contributed by atoms with Crippen LogP contribution in [0.1, 0.15) is 10.4 Å². The lowest BCUT2D eigenvalue weighted by atomic mass is 10.1. The number of carbonyl (C=O) groups excluding carboxylic acids is 1. The number of carbonyl (C=O) groups is 1. The third-order valence-corrected chi connectivity index (χ3v) is 4.33. The van der Waals surface area contributed by atoms with Gasteiger partial charge in [0.2, 0.25) is 10.0 Å². The minimum atomic E-state index is -3.93. The Labute approximate surface area is 157 Å². The fraction of sp³-hybridized carbons (Fsp3) is 0.0588. The SMILES string of the molecule is CS(=O)(=O)NC(=O)c1cc(F)c(Oc2ccc(Cl)c3cccnc23)cc1F. The summed E-state index contributed by atoms with van der Waals surface area (Å²) in [6, 6.07) is 7.51. The largest absolute Gasteiger partial charge is 0.452 e. The normalized spacial score (nSPS) is 11.4. The maximum Gasteiger partial charge on any atom is 0.267 e. The fourth-order valence-electron chi connectivity index (χ4n) is 2.32. The molecule has 140 valence electrons. The maximum absolute atomic E-state index is 14.3.